The molecule has 17 heavy (non-hydrogen) atoms. The van der Waals surface area contributed by atoms with Crippen LogP contribution in [0.3, 0.4) is 0 Å². The highest BCUT2D eigenvalue weighted by Crippen LogP contribution is 2.15. The number of carbonyl (C=O) groups is 1. The van der Waals surface area contributed by atoms with Crippen molar-refractivity contribution in [2.24, 2.45) is 0 Å². The lowest BCUT2D eigenvalue weighted by Crippen LogP contribution is -2.57. The molecule has 1 saturated heterocycles. The first kappa shape index (κ1) is 14.3. The van der Waals surface area contributed by atoms with Gasteiger partial charge < -0.3 is 14.7 Å². The van der Waals surface area contributed by atoms with E-state index in [1.807, 2.05) is 20.8 Å². The summed E-state index contributed by atoms with van der Waals surface area (Å²) in [5.74, 6) is 0. The number of hydrogen-bond donors (Lipinski definition) is 1. The first-order valence-corrected chi connectivity index (χ1v) is 6.20. The second kappa shape index (κ2) is 5.69. The molecular weight excluding hydrogens is 220 g/mol. The van der Waals surface area contributed by atoms with Gasteiger partial charge in [0.05, 0.1) is 12.6 Å². The van der Waals surface area contributed by atoms with E-state index in [9.17, 15) is 9.90 Å². The summed E-state index contributed by atoms with van der Waals surface area (Å²) in [4.78, 5) is 15.8. The largest absolute Gasteiger partial charge is 0.444 e. The van der Waals surface area contributed by atoms with Crippen LogP contribution in [-0.4, -0.2) is 65.4 Å². The summed E-state index contributed by atoms with van der Waals surface area (Å²) >= 11 is 0. The Morgan fingerprint density at radius 3 is 2.53 bits per heavy atom. The van der Waals surface area contributed by atoms with Gasteiger partial charge in [-0.2, -0.15) is 0 Å². The smallest absolute Gasteiger partial charge is 0.410 e. The van der Waals surface area contributed by atoms with Crippen LogP contribution in [0.4, 0.5) is 4.79 Å². The van der Waals surface area contributed by atoms with E-state index in [2.05, 4.69) is 11.8 Å². The van der Waals surface area contributed by atoms with E-state index < -0.39 is 5.60 Å². The molecule has 5 nitrogen and oxygen atoms in total. The number of aliphatic hydroxyl groups is 1. The standard InChI is InChI=1S/C12H24N2O3/c1-5-13-6-7-14(10(8-13)9-15)11(16)17-12(2,3)4/h10,15H,5-9H2,1-4H3. The van der Waals surface area contributed by atoms with Crippen LogP contribution < -0.4 is 0 Å². The van der Waals surface area contributed by atoms with Crippen LogP contribution in [0.1, 0.15) is 27.7 Å². The molecule has 1 heterocycles. The number of likely N-dealkylation sites (N-methyl/N-ethyl adjacent to an activating group) is 1. The summed E-state index contributed by atoms with van der Waals surface area (Å²) in [6, 6.07) is -0.154. The van der Waals surface area contributed by atoms with Crippen molar-refractivity contribution in [1.82, 2.24) is 9.80 Å². The van der Waals surface area contributed by atoms with Crippen molar-refractivity contribution in [3.05, 3.63) is 0 Å². The minimum Gasteiger partial charge on any atom is -0.444 e. The summed E-state index contributed by atoms with van der Waals surface area (Å²) in [5, 5.41) is 9.35. The van der Waals surface area contributed by atoms with Crippen molar-refractivity contribution in [2.45, 2.75) is 39.3 Å². The van der Waals surface area contributed by atoms with E-state index in [0.29, 0.717) is 13.1 Å². The van der Waals surface area contributed by atoms with Crippen LogP contribution in [-0.2, 0) is 4.74 Å². The summed E-state index contributed by atoms with van der Waals surface area (Å²) in [6.07, 6.45) is -0.327. The van der Waals surface area contributed by atoms with E-state index in [1.165, 1.54) is 0 Å². The monoisotopic (exact) mass is 244 g/mol. The maximum atomic E-state index is 12.0. The number of piperazine rings is 1. The zero-order valence-corrected chi connectivity index (χ0v) is 11.3. The first-order valence-electron chi connectivity index (χ1n) is 6.20. The third kappa shape index (κ3) is 4.16. The molecule has 0 aliphatic carbocycles. The maximum absolute atomic E-state index is 12.0. The maximum Gasteiger partial charge on any atom is 0.410 e. The SMILES string of the molecule is CCN1CCN(C(=O)OC(C)(C)C)C(CO)C1. The van der Waals surface area contributed by atoms with E-state index in [0.717, 1.165) is 13.1 Å². The number of carbonyl (C=O) groups excluding carboxylic acids is 1. The Labute approximate surface area is 103 Å². The topological polar surface area (TPSA) is 53.0 Å². The molecule has 5 heteroatoms. The van der Waals surface area contributed by atoms with Gasteiger partial charge in [0.2, 0.25) is 0 Å². The molecule has 1 unspecified atom stereocenters. The number of rotatable bonds is 2. The van der Waals surface area contributed by atoms with Gasteiger partial charge in [0.15, 0.2) is 0 Å². The van der Waals surface area contributed by atoms with Crippen molar-refractivity contribution >= 4 is 6.09 Å². The Morgan fingerprint density at radius 1 is 1.41 bits per heavy atom. The number of nitrogens with zero attached hydrogens (tertiary/aromatic N) is 2. The van der Waals surface area contributed by atoms with Gasteiger partial charge in [0, 0.05) is 19.6 Å². The highest BCUT2D eigenvalue weighted by Gasteiger charge is 2.32. The molecule has 1 fully saturated rings. The zero-order chi connectivity index (χ0) is 13.1. The number of ether oxygens (including phenoxy) is 1. The van der Waals surface area contributed by atoms with Crippen LogP contribution >= 0.6 is 0 Å². The first-order chi connectivity index (χ1) is 7.87. The highest BCUT2D eigenvalue weighted by atomic mass is 16.6. The molecule has 0 spiro atoms. The van der Waals surface area contributed by atoms with Crippen molar-refractivity contribution < 1.29 is 14.6 Å². The van der Waals surface area contributed by atoms with Gasteiger partial charge in [-0.3, -0.25) is 4.90 Å². The molecular formula is C12H24N2O3. The third-order valence-corrected chi connectivity index (χ3v) is 2.85. The number of hydrogen-bond acceptors (Lipinski definition) is 4. The third-order valence-electron chi connectivity index (χ3n) is 2.85. The van der Waals surface area contributed by atoms with Gasteiger partial charge in [0.25, 0.3) is 0 Å². The fourth-order valence-corrected chi connectivity index (χ4v) is 1.92. The van der Waals surface area contributed by atoms with Crippen molar-refractivity contribution in [1.29, 1.82) is 0 Å². The highest BCUT2D eigenvalue weighted by molar-refractivity contribution is 5.68. The molecule has 1 atom stereocenters. The van der Waals surface area contributed by atoms with Gasteiger partial charge in [-0.15, -0.1) is 0 Å². The van der Waals surface area contributed by atoms with Crippen LogP contribution in [0.5, 0.6) is 0 Å². The molecule has 0 radical (unpaired) electrons. The summed E-state index contributed by atoms with van der Waals surface area (Å²) in [7, 11) is 0. The fourth-order valence-electron chi connectivity index (χ4n) is 1.92. The van der Waals surface area contributed by atoms with E-state index in [-0.39, 0.29) is 18.7 Å². The van der Waals surface area contributed by atoms with Crippen molar-refractivity contribution in [3.8, 4) is 0 Å². The summed E-state index contributed by atoms with van der Waals surface area (Å²) in [6.45, 7) is 10.7. The average Bonchev–Trinajstić information content (AvgIpc) is 2.25. The van der Waals surface area contributed by atoms with Gasteiger partial charge >= 0.3 is 6.09 Å². The molecule has 100 valence electrons. The van der Waals surface area contributed by atoms with E-state index in [4.69, 9.17) is 4.74 Å². The van der Waals surface area contributed by atoms with Crippen LogP contribution in [0.2, 0.25) is 0 Å². The predicted octanol–water partition coefficient (Wildman–Crippen LogP) is 0.920. The van der Waals surface area contributed by atoms with E-state index in [1.54, 1.807) is 4.90 Å². The second-order valence-electron chi connectivity index (χ2n) is 5.40. The normalized spacial score (nSPS) is 22.6. The van der Waals surface area contributed by atoms with Crippen molar-refractivity contribution in [3.63, 3.8) is 0 Å². The lowest BCUT2D eigenvalue weighted by atomic mass is 10.2. The quantitative estimate of drug-likeness (QED) is 0.785. The molecule has 0 aromatic carbocycles. The lowest BCUT2D eigenvalue weighted by Gasteiger charge is -2.40. The van der Waals surface area contributed by atoms with Gasteiger partial charge in [0.1, 0.15) is 5.60 Å². The van der Waals surface area contributed by atoms with Gasteiger partial charge in [-0.05, 0) is 27.3 Å². The minimum atomic E-state index is -0.487. The number of aliphatic hydroxyl groups excluding tert-OH is 1. The molecule has 1 aliphatic heterocycles. The van der Waals surface area contributed by atoms with Crippen LogP contribution in [0.25, 0.3) is 0 Å². The molecule has 0 aromatic heterocycles. The molecule has 0 bridgehead atoms. The van der Waals surface area contributed by atoms with E-state index >= 15 is 0 Å². The lowest BCUT2D eigenvalue weighted by molar-refractivity contribution is -0.0108. The van der Waals surface area contributed by atoms with Crippen LogP contribution in [0.15, 0.2) is 0 Å². The molecule has 1 rings (SSSR count). The van der Waals surface area contributed by atoms with Crippen LogP contribution in [0, 0.1) is 0 Å². The molecule has 1 aliphatic rings. The Kier molecular flexibility index (Phi) is 4.77. The molecule has 1 N–H and O–H groups in total. The fraction of sp³-hybridized carbons (Fsp3) is 0.917. The van der Waals surface area contributed by atoms with Gasteiger partial charge in [-0.1, -0.05) is 6.92 Å². The van der Waals surface area contributed by atoms with Gasteiger partial charge in [-0.25, -0.2) is 4.79 Å². The molecule has 0 aromatic rings. The van der Waals surface area contributed by atoms with Crippen molar-refractivity contribution in [2.75, 3.05) is 32.8 Å². The predicted molar refractivity (Wildman–Crippen MR) is 65.9 cm³/mol. The summed E-state index contributed by atoms with van der Waals surface area (Å²) in [5.41, 5.74) is -0.487. The Morgan fingerprint density at radius 2 is 2.06 bits per heavy atom. The Bertz CT molecular complexity index is 263. The Balaban J connectivity index is 2.60. The summed E-state index contributed by atoms with van der Waals surface area (Å²) < 4.78 is 5.34. The number of amides is 1. The average molecular weight is 244 g/mol. The molecule has 1 amide bonds. The molecule has 0 saturated carbocycles. The minimum absolute atomic E-state index is 0.0181. The second-order valence-corrected chi connectivity index (χ2v) is 5.40. The zero-order valence-electron chi connectivity index (χ0n) is 11.3. The Hall–Kier alpha value is -0.810.